The third kappa shape index (κ3) is 3.14. The van der Waals surface area contributed by atoms with Crippen molar-refractivity contribution in [3.8, 4) is 0 Å². The van der Waals surface area contributed by atoms with Crippen molar-refractivity contribution in [2.75, 3.05) is 0 Å². The monoisotopic (exact) mass is 189 g/mol. The topological polar surface area (TPSA) is 26.3 Å². The molecular formula is C8H4F3O2. The van der Waals surface area contributed by atoms with Gasteiger partial charge in [0.2, 0.25) is 0 Å². The number of benzene rings is 1. The summed E-state index contributed by atoms with van der Waals surface area (Å²) in [7, 11) is 0. The zero-order valence-corrected chi connectivity index (χ0v) is 6.26. The van der Waals surface area contributed by atoms with E-state index in [0.29, 0.717) is 0 Å². The molecule has 13 heavy (non-hydrogen) atoms. The zero-order valence-electron chi connectivity index (χ0n) is 6.26. The molecule has 2 nitrogen and oxygen atoms in total. The van der Waals surface area contributed by atoms with E-state index in [2.05, 4.69) is 10.8 Å². The van der Waals surface area contributed by atoms with E-state index in [1.54, 1.807) is 0 Å². The Hall–Kier alpha value is -1.52. The summed E-state index contributed by atoms with van der Waals surface area (Å²) in [5, 5.41) is 0. The van der Waals surface area contributed by atoms with Gasteiger partial charge in [0, 0.05) is 0 Å². The molecule has 0 unspecified atom stereocenters. The van der Waals surface area contributed by atoms with E-state index >= 15 is 0 Å². The van der Waals surface area contributed by atoms with Crippen LogP contribution >= 0.6 is 0 Å². The van der Waals surface area contributed by atoms with Crippen LogP contribution in [-0.2, 0) is 4.74 Å². The number of esters is 1. The maximum absolute atomic E-state index is 11.5. The Bertz CT molecular complexity index is 292. The summed E-state index contributed by atoms with van der Waals surface area (Å²) in [5.41, 5.74) is -0.181. The highest BCUT2D eigenvalue weighted by atomic mass is 19.4. The number of carbonyl (C=O) groups is 1. The van der Waals surface area contributed by atoms with Crippen LogP contribution in [0, 0.1) is 6.07 Å². The Labute approximate surface area is 71.9 Å². The van der Waals surface area contributed by atoms with Gasteiger partial charge < -0.3 is 4.74 Å². The van der Waals surface area contributed by atoms with Crippen LogP contribution in [0.1, 0.15) is 10.4 Å². The van der Waals surface area contributed by atoms with Crippen LogP contribution in [0.3, 0.4) is 0 Å². The van der Waals surface area contributed by atoms with Crippen molar-refractivity contribution >= 4 is 5.97 Å². The summed E-state index contributed by atoms with van der Waals surface area (Å²) in [6.07, 6.45) is -4.94. The molecule has 0 aliphatic heterocycles. The summed E-state index contributed by atoms with van der Waals surface area (Å²) in [6, 6.07) is 7.65. The van der Waals surface area contributed by atoms with E-state index in [-0.39, 0.29) is 5.56 Å². The van der Waals surface area contributed by atoms with E-state index < -0.39 is 12.3 Å². The SMILES string of the molecule is O=C(OC(F)(F)F)c1c[c]ccc1. The average Bonchev–Trinajstić information content (AvgIpc) is 2.03. The second kappa shape index (κ2) is 3.47. The predicted molar refractivity (Wildman–Crippen MR) is 36.7 cm³/mol. The number of halogens is 3. The second-order valence-corrected chi connectivity index (χ2v) is 2.13. The summed E-state index contributed by atoms with van der Waals surface area (Å²) in [5.74, 6) is -1.43. The number of hydrogen-bond acceptors (Lipinski definition) is 2. The second-order valence-electron chi connectivity index (χ2n) is 2.13. The summed E-state index contributed by atoms with van der Waals surface area (Å²) >= 11 is 0. The van der Waals surface area contributed by atoms with Crippen molar-refractivity contribution in [1.82, 2.24) is 0 Å². The maximum Gasteiger partial charge on any atom is 0.575 e. The fourth-order valence-electron chi connectivity index (χ4n) is 0.684. The lowest BCUT2D eigenvalue weighted by atomic mass is 10.2. The number of ether oxygens (including phenoxy) is 1. The van der Waals surface area contributed by atoms with Crippen LogP contribution in [-0.4, -0.2) is 12.3 Å². The molecule has 0 aliphatic carbocycles. The van der Waals surface area contributed by atoms with E-state index in [9.17, 15) is 18.0 Å². The van der Waals surface area contributed by atoms with Gasteiger partial charge in [-0.2, -0.15) is 0 Å². The van der Waals surface area contributed by atoms with Crippen LogP contribution in [0.25, 0.3) is 0 Å². The Morgan fingerprint density at radius 1 is 1.46 bits per heavy atom. The molecule has 1 aromatic rings. The third-order valence-corrected chi connectivity index (χ3v) is 1.15. The molecule has 0 amide bonds. The van der Waals surface area contributed by atoms with Crippen LogP contribution in [0.5, 0.6) is 0 Å². The minimum absolute atomic E-state index is 0.181. The van der Waals surface area contributed by atoms with Gasteiger partial charge in [0.15, 0.2) is 0 Å². The molecule has 1 aromatic carbocycles. The lowest BCUT2D eigenvalue weighted by Gasteiger charge is -2.06. The first-order valence-corrected chi connectivity index (χ1v) is 3.25. The molecule has 1 radical (unpaired) electrons. The first kappa shape index (κ1) is 9.57. The summed E-state index contributed by atoms with van der Waals surface area (Å²) in [6.45, 7) is 0. The summed E-state index contributed by atoms with van der Waals surface area (Å²) in [4.78, 5) is 10.7. The maximum atomic E-state index is 11.5. The van der Waals surface area contributed by atoms with Crippen molar-refractivity contribution in [3.05, 3.63) is 35.9 Å². The number of hydrogen-bond donors (Lipinski definition) is 0. The minimum atomic E-state index is -4.94. The van der Waals surface area contributed by atoms with Gasteiger partial charge in [-0.3, -0.25) is 0 Å². The molecule has 0 aromatic heterocycles. The van der Waals surface area contributed by atoms with Crippen molar-refractivity contribution in [3.63, 3.8) is 0 Å². The molecule has 0 spiro atoms. The third-order valence-electron chi connectivity index (χ3n) is 1.15. The van der Waals surface area contributed by atoms with Crippen LogP contribution in [0.4, 0.5) is 13.2 Å². The fourth-order valence-corrected chi connectivity index (χ4v) is 0.684. The van der Waals surface area contributed by atoms with Crippen LogP contribution < -0.4 is 0 Å². The number of alkyl halides is 3. The normalized spacial score (nSPS) is 11.0. The molecule has 0 fully saturated rings. The minimum Gasteiger partial charge on any atom is -0.369 e. The quantitative estimate of drug-likeness (QED) is 0.633. The Kier molecular flexibility index (Phi) is 2.55. The van der Waals surface area contributed by atoms with Gasteiger partial charge in [-0.15, -0.1) is 13.2 Å². The highest BCUT2D eigenvalue weighted by Gasteiger charge is 2.34. The highest BCUT2D eigenvalue weighted by molar-refractivity contribution is 5.89. The van der Waals surface area contributed by atoms with Crippen molar-refractivity contribution in [1.29, 1.82) is 0 Å². The average molecular weight is 189 g/mol. The van der Waals surface area contributed by atoms with Gasteiger partial charge in [-0.25, -0.2) is 4.79 Å². The highest BCUT2D eigenvalue weighted by Crippen LogP contribution is 2.18. The smallest absolute Gasteiger partial charge is 0.369 e. The standard InChI is InChI=1S/C8H4F3O2/c9-8(10,11)13-7(12)6-4-2-1-3-5-6/h1-2,4-5H. The van der Waals surface area contributed by atoms with Gasteiger partial charge in [-0.1, -0.05) is 12.1 Å². The van der Waals surface area contributed by atoms with Gasteiger partial charge >= 0.3 is 12.3 Å². The first-order chi connectivity index (χ1) is 5.99. The fraction of sp³-hybridized carbons (Fsp3) is 0.125. The molecule has 5 heteroatoms. The van der Waals surface area contributed by atoms with E-state index in [1.165, 1.54) is 18.2 Å². The molecule has 0 heterocycles. The Morgan fingerprint density at radius 2 is 2.15 bits per heavy atom. The number of carbonyl (C=O) groups excluding carboxylic acids is 1. The molecule has 1 rings (SSSR count). The van der Waals surface area contributed by atoms with Crippen LogP contribution in [0.2, 0.25) is 0 Å². The van der Waals surface area contributed by atoms with E-state index in [1.807, 2.05) is 0 Å². The Balaban J connectivity index is 2.71. The molecular weight excluding hydrogens is 185 g/mol. The molecule has 0 saturated carbocycles. The lowest BCUT2D eigenvalue weighted by molar-refractivity contribution is -0.291. The first-order valence-electron chi connectivity index (χ1n) is 3.25. The van der Waals surface area contributed by atoms with Crippen molar-refractivity contribution in [2.24, 2.45) is 0 Å². The van der Waals surface area contributed by atoms with Gasteiger partial charge in [0.05, 0.1) is 5.56 Å². The predicted octanol–water partition coefficient (Wildman–Crippen LogP) is 2.16. The van der Waals surface area contributed by atoms with Gasteiger partial charge in [0.1, 0.15) is 0 Å². The summed E-state index contributed by atoms with van der Waals surface area (Å²) < 4.78 is 37.8. The van der Waals surface area contributed by atoms with Gasteiger partial charge in [-0.05, 0) is 18.2 Å². The molecule has 0 saturated heterocycles. The van der Waals surface area contributed by atoms with E-state index in [4.69, 9.17) is 0 Å². The van der Waals surface area contributed by atoms with Gasteiger partial charge in [0.25, 0.3) is 0 Å². The van der Waals surface area contributed by atoms with Crippen LogP contribution in [0.15, 0.2) is 24.3 Å². The van der Waals surface area contributed by atoms with E-state index in [0.717, 1.165) is 6.07 Å². The number of rotatable bonds is 1. The zero-order chi connectivity index (χ0) is 9.90. The molecule has 0 aliphatic rings. The molecule has 0 bridgehead atoms. The largest absolute Gasteiger partial charge is 0.575 e. The van der Waals surface area contributed by atoms with Crippen molar-refractivity contribution < 1.29 is 22.7 Å². The molecule has 0 atom stereocenters. The Morgan fingerprint density at radius 3 is 2.62 bits per heavy atom. The van der Waals surface area contributed by atoms with Crippen molar-refractivity contribution in [2.45, 2.75) is 6.36 Å². The lowest BCUT2D eigenvalue weighted by Crippen LogP contribution is -2.19. The molecule has 0 N–H and O–H groups in total. The molecule has 69 valence electrons.